The average Bonchev–Trinajstić information content (AvgIpc) is 2.52. The van der Waals surface area contributed by atoms with Gasteiger partial charge in [-0.15, -0.1) is 0 Å². The normalized spacial score (nSPS) is 28.2. The SMILES string of the molecule is COC(=O)[C@]12CCCC(C)(C)[C@@H]1C=Cc1cc(C(C)C)ccc12. The van der Waals surface area contributed by atoms with E-state index in [1.165, 1.54) is 18.2 Å². The number of benzene rings is 1. The third-order valence-electron chi connectivity index (χ3n) is 6.01. The van der Waals surface area contributed by atoms with Crippen molar-refractivity contribution in [1.82, 2.24) is 0 Å². The molecule has 2 atom stereocenters. The van der Waals surface area contributed by atoms with Gasteiger partial charge >= 0.3 is 5.97 Å². The van der Waals surface area contributed by atoms with E-state index in [1.54, 1.807) is 0 Å². The van der Waals surface area contributed by atoms with E-state index in [4.69, 9.17) is 4.74 Å². The lowest BCUT2D eigenvalue weighted by atomic mass is 9.51. The summed E-state index contributed by atoms with van der Waals surface area (Å²) < 4.78 is 5.30. The van der Waals surface area contributed by atoms with E-state index in [-0.39, 0.29) is 17.3 Å². The average molecular weight is 312 g/mol. The second-order valence-corrected chi connectivity index (χ2v) is 8.14. The molecule has 1 aromatic rings. The summed E-state index contributed by atoms with van der Waals surface area (Å²) in [4.78, 5) is 12.9. The number of fused-ring (bicyclic) bond motifs is 3. The van der Waals surface area contributed by atoms with Crippen LogP contribution < -0.4 is 0 Å². The maximum absolute atomic E-state index is 12.9. The molecule has 3 rings (SSSR count). The number of carbonyl (C=O) groups excluding carboxylic acids is 1. The second-order valence-electron chi connectivity index (χ2n) is 8.14. The fraction of sp³-hybridized carbons (Fsp3) is 0.571. The highest BCUT2D eigenvalue weighted by molar-refractivity contribution is 5.87. The van der Waals surface area contributed by atoms with Crippen LogP contribution >= 0.6 is 0 Å². The van der Waals surface area contributed by atoms with Crippen molar-refractivity contribution in [2.45, 2.75) is 58.3 Å². The Labute approximate surface area is 139 Å². The van der Waals surface area contributed by atoms with Crippen LogP contribution in [0.15, 0.2) is 24.3 Å². The largest absolute Gasteiger partial charge is 0.468 e. The predicted octanol–water partition coefficient (Wildman–Crippen LogP) is 5.07. The molecular formula is C21H28O2. The van der Waals surface area contributed by atoms with Crippen molar-refractivity contribution < 1.29 is 9.53 Å². The first-order valence-electron chi connectivity index (χ1n) is 8.74. The van der Waals surface area contributed by atoms with Gasteiger partial charge in [-0.3, -0.25) is 4.79 Å². The number of esters is 1. The van der Waals surface area contributed by atoms with Gasteiger partial charge in [0.2, 0.25) is 0 Å². The molecule has 0 bridgehead atoms. The van der Waals surface area contributed by atoms with Crippen LogP contribution in [0.4, 0.5) is 0 Å². The number of allylic oxidation sites excluding steroid dienone is 1. The van der Waals surface area contributed by atoms with Crippen molar-refractivity contribution >= 4 is 12.0 Å². The highest BCUT2D eigenvalue weighted by Crippen LogP contribution is 2.56. The third kappa shape index (κ3) is 2.34. The number of hydrogen-bond acceptors (Lipinski definition) is 2. The number of hydrogen-bond donors (Lipinski definition) is 0. The first kappa shape index (κ1) is 16.3. The van der Waals surface area contributed by atoms with Crippen LogP contribution in [0.2, 0.25) is 0 Å². The minimum absolute atomic E-state index is 0.0711. The summed E-state index contributed by atoms with van der Waals surface area (Å²) in [5.41, 5.74) is 3.26. The molecule has 0 spiro atoms. The van der Waals surface area contributed by atoms with Gasteiger partial charge in [-0.05, 0) is 40.9 Å². The molecule has 2 aliphatic rings. The van der Waals surface area contributed by atoms with Crippen LogP contribution in [0.3, 0.4) is 0 Å². The zero-order valence-corrected chi connectivity index (χ0v) is 15.0. The number of methoxy groups -OCH3 is 1. The fourth-order valence-corrected chi connectivity index (χ4v) is 4.73. The van der Waals surface area contributed by atoms with Gasteiger partial charge in [0.1, 0.15) is 5.41 Å². The smallest absolute Gasteiger partial charge is 0.316 e. The Morgan fingerprint density at radius 1 is 1.26 bits per heavy atom. The van der Waals surface area contributed by atoms with E-state index in [0.717, 1.165) is 24.8 Å². The van der Waals surface area contributed by atoms with E-state index >= 15 is 0 Å². The van der Waals surface area contributed by atoms with Crippen molar-refractivity contribution in [3.05, 3.63) is 41.0 Å². The maximum Gasteiger partial charge on any atom is 0.316 e. The Bertz CT molecular complexity index is 654. The molecule has 0 radical (unpaired) electrons. The molecule has 2 nitrogen and oxygen atoms in total. The third-order valence-corrected chi connectivity index (χ3v) is 6.01. The van der Waals surface area contributed by atoms with Crippen LogP contribution in [0.5, 0.6) is 0 Å². The minimum atomic E-state index is -0.518. The zero-order chi connectivity index (χ0) is 16.8. The quantitative estimate of drug-likeness (QED) is 0.712. The van der Waals surface area contributed by atoms with Gasteiger partial charge < -0.3 is 4.74 Å². The summed E-state index contributed by atoms with van der Waals surface area (Å²) in [5, 5.41) is 0. The molecule has 0 N–H and O–H groups in total. The van der Waals surface area contributed by atoms with Crippen molar-refractivity contribution in [3.63, 3.8) is 0 Å². The molecule has 23 heavy (non-hydrogen) atoms. The lowest BCUT2D eigenvalue weighted by Gasteiger charge is -2.51. The Balaban J connectivity index is 2.21. The molecular weight excluding hydrogens is 284 g/mol. The van der Waals surface area contributed by atoms with Crippen LogP contribution in [-0.2, 0) is 14.9 Å². The van der Waals surface area contributed by atoms with Crippen LogP contribution in [-0.4, -0.2) is 13.1 Å². The van der Waals surface area contributed by atoms with E-state index in [1.807, 2.05) is 0 Å². The molecule has 0 amide bonds. The minimum Gasteiger partial charge on any atom is -0.468 e. The Morgan fingerprint density at radius 3 is 2.65 bits per heavy atom. The predicted molar refractivity (Wildman–Crippen MR) is 94.4 cm³/mol. The molecule has 0 aliphatic heterocycles. The molecule has 0 heterocycles. The topological polar surface area (TPSA) is 26.3 Å². The summed E-state index contributed by atoms with van der Waals surface area (Å²) in [6.07, 6.45) is 7.59. The van der Waals surface area contributed by atoms with Crippen molar-refractivity contribution in [2.75, 3.05) is 7.11 Å². The van der Waals surface area contributed by atoms with E-state index in [2.05, 4.69) is 58.0 Å². The fourth-order valence-electron chi connectivity index (χ4n) is 4.73. The molecule has 124 valence electrons. The van der Waals surface area contributed by atoms with Crippen molar-refractivity contribution in [3.8, 4) is 0 Å². The number of carbonyl (C=O) groups is 1. The molecule has 1 fully saturated rings. The number of rotatable bonds is 2. The molecule has 1 saturated carbocycles. The number of ether oxygens (including phenoxy) is 1. The van der Waals surface area contributed by atoms with Gasteiger partial charge in [0, 0.05) is 5.92 Å². The van der Waals surface area contributed by atoms with Crippen molar-refractivity contribution in [2.24, 2.45) is 11.3 Å². The Kier molecular flexibility index (Phi) is 3.90. The Hall–Kier alpha value is -1.57. The highest BCUT2D eigenvalue weighted by Gasteiger charge is 2.56. The van der Waals surface area contributed by atoms with Gasteiger partial charge in [-0.1, -0.05) is 64.5 Å². The molecule has 2 heteroatoms. The van der Waals surface area contributed by atoms with E-state index in [0.29, 0.717) is 5.92 Å². The first-order chi connectivity index (χ1) is 10.8. The van der Waals surface area contributed by atoms with Gasteiger partial charge in [-0.2, -0.15) is 0 Å². The van der Waals surface area contributed by atoms with Crippen LogP contribution in [0.25, 0.3) is 6.08 Å². The zero-order valence-electron chi connectivity index (χ0n) is 15.0. The summed E-state index contributed by atoms with van der Waals surface area (Å²) in [5.74, 6) is 0.620. The van der Waals surface area contributed by atoms with Crippen LogP contribution in [0, 0.1) is 11.3 Å². The molecule has 0 aromatic heterocycles. The van der Waals surface area contributed by atoms with Gasteiger partial charge in [-0.25, -0.2) is 0 Å². The first-order valence-corrected chi connectivity index (χ1v) is 8.74. The van der Waals surface area contributed by atoms with Crippen LogP contribution in [0.1, 0.15) is 69.6 Å². The monoisotopic (exact) mass is 312 g/mol. The Morgan fingerprint density at radius 2 is 2.00 bits per heavy atom. The molecule has 1 aromatic carbocycles. The summed E-state index contributed by atoms with van der Waals surface area (Å²) in [7, 11) is 1.52. The maximum atomic E-state index is 12.9. The van der Waals surface area contributed by atoms with E-state index < -0.39 is 5.41 Å². The van der Waals surface area contributed by atoms with Gasteiger partial charge in [0.25, 0.3) is 0 Å². The molecule has 0 unspecified atom stereocenters. The standard InChI is InChI=1S/C21H28O2/c1-14(2)15-7-9-17-16(13-15)8-10-18-20(3,4)11-6-12-21(17,18)19(22)23-5/h7-10,13-14,18H,6,11-12H2,1-5H3/t18-,21-/m0/s1. The van der Waals surface area contributed by atoms with Gasteiger partial charge in [0.05, 0.1) is 7.11 Å². The second kappa shape index (κ2) is 5.51. The van der Waals surface area contributed by atoms with E-state index in [9.17, 15) is 4.79 Å². The molecule has 0 saturated heterocycles. The summed E-state index contributed by atoms with van der Waals surface area (Å²) >= 11 is 0. The highest BCUT2D eigenvalue weighted by atomic mass is 16.5. The van der Waals surface area contributed by atoms with Gasteiger partial charge in [0.15, 0.2) is 0 Å². The van der Waals surface area contributed by atoms with Crippen molar-refractivity contribution in [1.29, 1.82) is 0 Å². The summed E-state index contributed by atoms with van der Waals surface area (Å²) in [6.45, 7) is 8.98. The lowest BCUT2D eigenvalue weighted by Crippen LogP contribution is -2.53. The molecule has 2 aliphatic carbocycles. The summed E-state index contributed by atoms with van der Waals surface area (Å²) in [6, 6.07) is 6.62. The lowest BCUT2D eigenvalue weighted by molar-refractivity contribution is -0.153.